The highest BCUT2D eigenvalue weighted by atomic mass is 32.2. The molecule has 2 heterocycles. The minimum Gasteiger partial charge on any atom is -0.342 e. The monoisotopic (exact) mass is 325 g/mol. The van der Waals surface area contributed by atoms with Crippen LogP contribution in [0.4, 0.5) is 0 Å². The fourth-order valence-corrected chi connectivity index (χ4v) is 3.29. The Morgan fingerprint density at radius 1 is 1.27 bits per heavy atom. The van der Waals surface area contributed by atoms with Crippen molar-refractivity contribution >= 4 is 15.9 Å². The van der Waals surface area contributed by atoms with Gasteiger partial charge in [0.2, 0.25) is 15.9 Å². The van der Waals surface area contributed by atoms with Crippen molar-refractivity contribution in [3.8, 4) is 0 Å². The number of carbonyl (C=O) groups is 1. The molecule has 1 aromatic rings. The first-order chi connectivity index (χ1) is 10.5. The van der Waals surface area contributed by atoms with Gasteiger partial charge in [-0.05, 0) is 24.5 Å². The van der Waals surface area contributed by atoms with Gasteiger partial charge >= 0.3 is 0 Å². The first-order valence-electron chi connectivity index (χ1n) is 7.58. The summed E-state index contributed by atoms with van der Waals surface area (Å²) in [5.74, 6) is -0.115. The summed E-state index contributed by atoms with van der Waals surface area (Å²) in [5, 5.41) is 0. The highest BCUT2D eigenvalue weighted by Crippen LogP contribution is 2.12. The second-order valence-electron chi connectivity index (χ2n) is 5.69. The molecule has 1 aliphatic heterocycles. The van der Waals surface area contributed by atoms with Gasteiger partial charge in [0.15, 0.2) is 0 Å². The van der Waals surface area contributed by atoms with Crippen molar-refractivity contribution in [2.45, 2.75) is 32.2 Å². The molecule has 0 unspecified atom stereocenters. The third-order valence-electron chi connectivity index (χ3n) is 3.82. The Hall–Kier alpha value is -1.47. The Morgan fingerprint density at radius 3 is 2.50 bits per heavy atom. The lowest BCUT2D eigenvalue weighted by atomic mass is 10.2. The van der Waals surface area contributed by atoms with E-state index in [-0.39, 0.29) is 19.0 Å². The van der Waals surface area contributed by atoms with Gasteiger partial charge in [0.05, 0.1) is 12.8 Å². The van der Waals surface area contributed by atoms with Crippen LogP contribution in [0.25, 0.3) is 0 Å². The van der Waals surface area contributed by atoms with E-state index in [0.717, 1.165) is 50.6 Å². The molecule has 0 bridgehead atoms. The summed E-state index contributed by atoms with van der Waals surface area (Å²) in [5.41, 5.74) is 0.775. The third kappa shape index (κ3) is 5.06. The molecule has 0 saturated carbocycles. The molecule has 2 rings (SSSR count). The third-order valence-corrected chi connectivity index (χ3v) is 5.02. The smallest absolute Gasteiger partial charge is 0.237 e. The van der Waals surface area contributed by atoms with Crippen molar-refractivity contribution in [2.75, 3.05) is 25.9 Å². The Labute approximate surface area is 132 Å². The van der Waals surface area contributed by atoms with Crippen LogP contribution in [-0.2, 0) is 21.4 Å². The predicted molar refractivity (Wildman–Crippen MR) is 84.5 cm³/mol. The van der Waals surface area contributed by atoms with E-state index in [1.165, 1.54) is 4.31 Å². The molecule has 1 aromatic heterocycles. The van der Waals surface area contributed by atoms with Gasteiger partial charge in [-0.1, -0.05) is 18.9 Å². The van der Waals surface area contributed by atoms with E-state index in [0.29, 0.717) is 0 Å². The molecule has 7 heteroatoms. The summed E-state index contributed by atoms with van der Waals surface area (Å²) in [4.78, 5) is 18.2. The molecular weight excluding hydrogens is 302 g/mol. The first-order valence-corrected chi connectivity index (χ1v) is 9.43. The van der Waals surface area contributed by atoms with E-state index < -0.39 is 10.0 Å². The van der Waals surface area contributed by atoms with Crippen molar-refractivity contribution in [1.29, 1.82) is 0 Å². The largest absolute Gasteiger partial charge is 0.342 e. The van der Waals surface area contributed by atoms with Crippen molar-refractivity contribution < 1.29 is 13.2 Å². The van der Waals surface area contributed by atoms with E-state index in [1.807, 2.05) is 6.07 Å². The van der Waals surface area contributed by atoms with Gasteiger partial charge in [0.1, 0.15) is 0 Å². The minimum atomic E-state index is -3.45. The van der Waals surface area contributed by atoms with Crippen LogP contribution < -0.4 is 0 Å². The average Bonchev–Trinajstić information content (AvgIpc) is 2.76. The predicted octanol–water partition coefficient (Wildman–Crippen LogP) is 1.25. The number of amides is 1. The zero-order valence-corrected chi connectivity index (χ0v) is 13.8. The number of sulfonamides is 1. The van der Waals surface area contributed by atoms with Crippen LogP contribution in [0.2, 0.25) is 0 Å². The zero-order valence-electron chi connectivity index (χ0n) is 12.9. The molecular formula is C15H23N3O3S. The molecule has 1 fully saturated rings. The molecule has 1 saturated heterocycles. The maximum absolute atomic E-state index is 12.4. The van der Waals surface area contributed by atoms with E-state index >= 15 is 0 Å². The summed E-state index contributed by atoms with van der Waals surface area (Å²) in [6.45, 7) is 1.52. The Kier molecular flexibility index (Phi) is 5.90. The quantitative estimate of drug-likeness (QED) is 0.817. The number of pyridine rings is 1. The zero-order chi connectivity index (χ0) is 16.0. The van der Waals surface area contributed by atoms with Crippen LogP contribution in [0.15, 0.2) is 24.5 Å². The van der Waals surface area contributed by atoms with Crippen LogP contribution in [0.3, 0.4) is 0 Å². The first kappa shape index (κ1) is 16.9. The van der Waals surface area contributed by atoms with E-state index in [1.54, 1.807) is 23.4 Å². The van der Waals surface area contributed by atoms with Crippen molar-refractivity contribution in [2.24, 2.45) is 0 Å². The standard InChI is InChI=1S/C15H23N3O3S/c1-22(20,21)18(12-14-7-6-8-16-11-14)13-15(19)17-9-4-2-3-5-10-17/h6-8,11H,2-5,9-10,12-13H2,1H3. The summed E-state index contributed by atoms with van der Waals surface area (Å²) < 4.78 is 25.1. The van der Waals surface area contributed by atoms with Crippen molar-refractivity contribution in [3.63, 3.8) is 0 Å². The van der Waals surface area contributed by atoms with Crippen LogP contribution in [-0.4, -0.2) is 54.4 Å². The molecule has 0 radical (unpaired) electrons. The number of aromatic nitrogens is 1. The number of likely N-dealkylation sites (tertiary alicyclic amines) is 1. The summed E-state index contributed by atoms with van der Waals surface area (Å²) >= 11 is 0. The highest BCUT2D eigenvalue weighted by molar-refractivity contribution is 7.88. The summed E-state index contributed by atoms with van der Waals surface area (Å²) in [6.07, 6.45) is 8.65. The second kappa shape index (κ2) is 7.69. The molecule has 6 nitrogen and oxygen atoms in total. The fourth-order valence-electron chi connectivity index (χ4n) is 2.56. The Balaban J connectivity index is 2.05. The van der Waals surface area contributed by atoms with Crippen LogP contribution in [0.5, 0.6) is 0 Å². The lowest BCUT2D eigenvalue weighted by Gasteiger charge is -2.25. The summed E-state index contributed by atoms with van der Waals surface area (Å²) in [7, 11) is -3.45. The number of nitrogens with zero attached hydrogens (tertiary/aromatic N) is 3. The van der Waals surface area contributed by atoms with Crippen LogP contribution in [0.1, 0.15) is 31.2 Å². The van der Waals surface area contributed by atoms with Gasteiger partial charge in [-0.15, -0.1) is 0 Å². The molecule has 0 aromatic carbocycles. The van der Waals surface area contributed by atoms with Gasteiger partial charge in [-0.3, -0.25) is 9.78 Å². The number of hydrogen-bond donors (Lipinski definition) is 0. The van der Waals surface area contributed by atoms with E-state index in [2.05, 4.69) is 4.98 Å². The SMILES string of the molecule is CS(=O)(=O)N(CC(=O)N1CCCCCC1)Cc1cccnc1. The Bertz CT molecular complexity index is 581. The van der Waals surface area contributed by atoms with E-state index in [4.69, 9.17) is 0 Å². The summed E-state index contributed by atoms with van der Waals surface area (Å²) in [6, 6.07) is 3.56. The lowest BCUT2D eigenvalue weighted by molar-refractivity contribution is -0.131. The maximum Gasteiger partial charge on any atom is 0.237 e. The molecule has 0 atom stereocenters. The topological polar surface area (TPSA) is 70.6 Å². The van der Waals surface area contributed by atoms with Crippen molar-refractivity contribution in [1.82, 2.24) is 14.2 Å². The normalized spacial score (nSPS) is 16.5. The minimum absolute atomic E-state index is 0.103. The molecule has 1 aliphatic rings. The highest BCUT2D eigenvalue weighted by Gasteiger charge is 2.24. The van der Waals surface area contributed by atoms with Gasteiger partial charge in [0.25, 0.3) is 0 Å². The fraction of sp³-hybridized carbons (Fsp3) is 0.600. The van der Waals surface area contributed by atoms with Crippen LogP contribution >= 0.6 is 0 Å². The Morgan fingerprint density at radius 2 is 1.95 bits per heavy atom. The maximum atomic E-state index is 12.4. The molecule has 0 spiro atoms. The number of hydrogen-bond acceptors (Lipinski definition) is 4. The second-order valence-corrected chi connectivity index (χ2v) is 7.67. The molecule has 22 heavy (non-hydrogen) atoms. The van der Waals surface area contributed by atoms with Gasteiger partial charge in [-0.25, -0.2) is 8.42 Å². The number of rotatable bonds is 5. The van der Waals surface area contributed by atoms with Crippen molar-refractivity contribution in [3.05, 3.63) is 30.1 Å². The van der Waals surface area contributed by atoms with Gasteiger partial charge in [0, 0.05) is 32.0 Å². The molecule has 0 aliphatic carbocycles. The van der Waals surface area contributed by atoms with Gasteiger partial charge in [-0.2, -0.15) is 4.31 Å². The van der Waals surface area contributed by atoms with E-state index in [9.17, 15) is 13.2 Å². The molecule has 0 N–H and O–H groups in total. The van der Waals surface area contributed by atoms with Gasteiger partial charge < -0.3 is 4.90 Å². The lowest BCUT2D eigenvalue weighted by Crippen LogP contribution is -2.42. The average molecular weight is 325 g/mol. The number of carbonyl (C=O) groups excluding carboxylic acids is 1. The molecule has 1 amide bonds. The molecule has 122 valence electrons. The van der Waals surface area contributed by atoms with Crippen LogP contribution in [0, 0.1) is 0 Å².